The van der Waals surface area contributed by atoms with Crippen molar-refractivity contribution in [2.24, 2.45) is 0 Å². The van der Waals surface area contributed by atoms with E-state index in [1.54, 1.807) is 6.92 Å². The number of rotatable bonds is 5. The summed E-state index contributed by atoms with van der Waals surface area (Å²) in [6.45, 7) is 1.97. The summed E-state index contributed by atoms with van der Waals surface area (Å²) in [6, 6.07) is 8.27. The third kappa shape index (κ3) is 3.81. The van der Waals surface area contributed by atoms with E-state index in [4.69, 9.17) is 4.74 Å². The Morgan fingerprint density at radius 1 is 1.33 bits per heavy atom. The monoisotopic (exact) mass is 290 g/mol. The van der Waals surface area contributed by atoms with E-state index in [2.05, 4.69) is 5.32 Å². The molecule has 1 aromatic rings. The fourth-order valence-electron chi connectivity index (χ4n) is 2.16. The van der Waals surface area contributed by atoms with Crippen molar-refractivity contribution in [3.05, 3.63) is 35.9 Å². The molecule has 0 aromatic heterocycles. The van der Waals surface area contributed by atoms with Gasteiger partial charge in [0.05, 0.1) is 13.2 Å². The van der Waals surface area contributed by atoms with Crippen LogP contribution < -0.4 is 5.32 Å². The normalized spacial score (nSPS) is 17.5. The van der Waals surface area contributed by atoms with Gasteiger partial charge in [0.2, 0.25) is 5.91 Å². The zero-order valence-electron chi connectivity index (χ0n) is 11.9. The zero-order valence-corrected chi connectivity index (χ0v) is 11.9. The first-order valence-electron chi connectivity index (χ1n) is 6.93. The Morgan fingerprint density at radius 3 is 2.71 bits per heavy atom. The highest BCUT2D eigenvalue weighted by Crippen LogP contribution is 2.10. The molecule has 1 aromatic carbocycles. The largest absolute Gasteiger partial charge is 0.464 e. The minimum atomic E-state index is -0.766. The van der Waals surface area contributed by atoms with E-state index < -0.39 is 18.0 Å². The lowest BCUT2D eigenvalue weighted by atomic mass is 10.1. The van der Waals surface area contributed by atoms with Gasteiger partial charge in [0.1, 0.15) is 6.04 Å². The SMILES string of the molecule is CCOC(=O)[C@@H]1CN(C(=O)CCc2ccccc2)C(=O)N1. The van der Waals surface area contributed by atoms with E-state index in [9.17, 15) is 14.4 Å². The third-order valence-electron chi connectivity index (χ3n) is 3.25. The van der Waals surface area contributed by atoms with Crippen LogP contribution in [0.4, 0.5) is 4.79 Å². The van der Waals surface area contributed by atoms with Crippen LogP contribution in [-0.2, 0) is 20.7 Å². The predicted octanol–water partition coefficient (Wildman–Crippen LogP) is 1.10. The van der Waals surface area contributed by atoms with Crippen molar-refractivity contribution in [1.82, 2.24) is 10.2 Å². The maximum Gasteiger partial charge on any atom is 0.330 e. The van der Waals surface area contributed by atoms with Crippen molar-refractivity contribution in [2.75, 3.05) is 13.2 Å². The Morgan fingerprint density at radius 2 is 2.05 bits per heavy atom. The predicted molar refractivity (Wildman–Crippen MR) is 75.4 cm³/mol. The summed E-state index contributed by atoms with van der Waals surface area (Å²) in [5, 5.41) is 2.46. The van der Waals surface area contributed by atoms with Gasteiger partial charge < -0.3 is 10.1 Å². The van der Waals surface area contributed by atoms with Crippen LogP contribution in [0.25, 0.3) is 0 Å². The average Bonchev–Trinajstić information content (AvgIpc) is 2.88. The van der Waals surface area contributed by atoms with Gasteiger partial charge in [-0.3, -0.25) is 9.69 Å². The first-order valence-corrected chi connectivity index (χ1v) is 6.93. The van der Waals surface area contributed by atoms with Crippen molar-refractivity contribution < 1.29 is 19.1 Å². The maximum absolute atomic E-state index is 12.1. The summed E-state index contributed by atoms with van der Waals surface area (Å²) in [5.74, 6) is -0.799. The molecule has 1 N–H and O–H groups in total. The zero-order chi connectivity index (χ0) is 15.2. The number of nitrogens with one attached hydrogen (secondary N) is 1. The van der Waals surface area contributed by atoms with Crippen LogP contribution in [-0.4, -0.2) is 42.0 Å². The minimum Gasteiger partial charge on any atom is -0.464 e. The molecule has 0 saturated carbocycles. The first kappa shape index (κ1) is 15.0. The van der Waals surface area contributed by atoms with Crippen molar-refractivity contribution in [3.8, 4) is 0 Å². The van der Waals surface area contributed by atoms with E-state index in [0.29, 0.717) is 6.42 Å². The Labute approximate surface area is 123 Å². The van der Waals surface area contributed by atoms with Gasteiger partial charge in [-0.15, -0.1) is 0 Å². The summed E-state index contributed by atoms with van der Waals surface area (Å²) in [5.41, 5.74) is 1.03. The molecule has 0 spiro atoms. The van der Waals surface area contributed by atoms with E-state index in [0.717, 1.165) is 10.5 Å². The van der Waals surface area contributed by atoms with Crippen molar-refractivity contribution in [2.45, 2.75) is 25.8 Å². The highest BCUT2D eigenvalue weighted by atomic mass is 16.5. The fraction of sp³-hybridized carbons (Fsp3) is 0.400. The van der Waals surface area contributed by atoms with E-state index in [1.807, 2.05) is 30.3 Å². The van der Waals surface area contributed by atoms with Gasteiger partial charge in [-0.2, -0.15) is 0 Å². The minimum absolute atomic E-state index is 0.0330. The Kier molecular flexibility index (Phi) is 4.92. The summed E-state index contributed by atoms with van der Waals surface area (Å²) in [6.07, 6.45) is 0.792. The van der Waals surface area contributed by atoms with Crippen LogP contribution in [0.3, 0.4) is 0 Å². The van der Waals surface area contributed by atoms with Gasteiger partial charge in [-0.05, 0) is 18.9 Å². The van der Waals surface area contributed by atoms with E-state index in [-0.39, 0.29) is 25.5 Å². The molecule has 1 aliphatic rings. The second-order valence-corrected chi connectivity index (χ2v) is 4.74. The Bertz CT molecular complexity index is 530. The van der Waals surface area contributed by atoms with Gasteiger partial charge >= 0.3 is 12.0 Å². The first-order chi connectivity index (χ1) is 10.1. The van der Waals surface area contributed by atoms with Gasteiger partial charge in [-0.1, -0.05) is 30.3 Å². The number of benzene rings is 1. The third-order valence-corrected chi connectivity index (χ3v) is 3.25. The molecule has 0 unspecified atom stereocenters. The molecule has 112 valence electrons. The Hall–Kier alpha value is -2.37. The second kappa shape index (κ2) is 6.88. The average molecular weight is 290 g/mol. The smallest absolute Gasteiger partial charge is 0.330 e. The maximum atomic E-state index is 12.1. The second-order valence-electron chi connectivity index (χ2n) is 4.74. The lowest BCUT2D eigenvalue weighted by molar-refractivity contribution is -0.145. The van der Waals surface area contributed by atoms with Gasteiger partial charge in [-0.25, -0.2) is 9.59 Å². The quantitative estimate of drug-likeness (QED) is 0.824. The standard InChI is InChI=1S/C15H18N2O4/c1-2-21-14(19)12-10-17(15(20)16-12)13(18)9-8-11-6-4-3-5-7-11/h3-7,12H,2,8-10H2,1H3,(H,16,20)/t12-/m0/s1. The number of nitrogens with zero attached hydrogens (tertiary/aromatic N) is 1. The number of ether oxygens (including phenoxy) is 1. The van der Waals surface area contributed by atoms with E-state index >= 15 is 0 Å². The molecule has 2 rings (SSSR count). The number of esters is 1. The van der Waals surface area contributed by atoms with Crippen LogP contribution >= 0.6 is 0 Å². The summed E-state index contributed by atoms with van der Waals surface area (Å²) >= 11 is 0. The van der Waals surface area contributed by atoms with Crippen LogP contribution in [0.2, 0.25) is 0 Å². The number of urea groups is 1. The van der Waals surface area contributed by atoms with Crippen LogP contribution in [0.15, 0.2) is 30.3 Å². The summed E-state index contributed by atoms with van der Waals surface area (Å²) in [4.78, 5) is 36.4. The van der Waals surface area contributed by atoms with Crippen LogP contribution in [0.1, 0.15) is 18.9 Å². The van der Waals surface area contributed by atoms with Gasteiger partial charge in [0.25, 0.3) is 0 Å². The Balaban J connectivity index is 1.88. The summed E-state index contributed by atoms with van der Waals surface area (Å²) < 4.78 is 4.84. The topological polar surface area (TPSA) is 75.7 Å². The molecule has 6 heteroatoms. The van der Waals surface area contributed by atoms with E-state index in [1.165, 1.54) is 0 Å². The van der Waals surface area contributed by atoms with Crippen LogP contribution in [0.5, 0.6) is 0 Å². The molecule has 1 heterocycles. The number of carbonyl (C=O) groups is 3. The number of imide groups is 1. The molecule has 0 aliphatic carbocycles. The number of amides is 3. The van der Waals surface area contributed by atoms with Gasteiger partial charge in [0, 0.05) is 6.42 Å². The highest BCUT2D eigenvalue weighted by Gasteiger charge is 2.37. The lowest BCUT2D eigenvalue weighted by Crippen LogP contribution is -2.35. The van der Waals surface area contributed by atoms with Crippen molar-refractivity contribution >= 4 is 17.9 Å². The van der Waals surface area contributed by atoms with Gasteiger partial charge in [0.15, 0.2) is 0 Å². The molecule has 0 bridgehead atoms. The molecule has 6 nitrogen and oxygen atoms in total. The highest BCUT2D eigenvalue weighted by molar-refractivity contribution is 5.99. The van der Waals surface area contributed by atoms with Crippen molar-refractivity contribution in [1.29, 1.82) is 0 Å². The number of hydrogen-bond acceptors (Lipinski definition) is 4. The molecule has 1 saturated heterocycles. The molecule has 0 radical (unpaired) electrons. The summed E-state index contributed by atoms with van der Waals surface area (Å²) in [7, 11) is 0. The van der Waals surface area contributed by atoms with Crippen molar-refractivity contribution in [3.63, 3.8) is 0 Å². The molecule has 3 amide bonds. The number of hydrogen-bond donors (Lipinski definition) is 1. The molecular formula is C15H18N2O4. The number of carbonyl (C=O) groups excluding carboxylic acids is 3. The van der Waals surface area contributed by atoms with Crippen LogP contribution in [0, 0.1) is 0 Å². The lowest BCUT2D eigenvalue weighted by Gasteiger charge is -2.12. The molecule has 1 aliphatic heterocycles. The fourth-order valence-corrected chi connectivity index (χ4v) is 2.16. The molecule has 1 atom stereocenters. The molecule has 21 heavy (non-hydrogen) atoms. The molecular weight excluding hydrogens is 272 g/mol. The number of aryl methyl sites for hydroxylation is 1. The molecule has 1 fully saturated rings.